The molecule has 1 heterocycles. The third kappa shape index (κ3) is 3.84. The molecule has 2 N–H and O–H groups in total. The molecule has 0 spiro atoms. The third-order valence-electron chi connectivity index (χ3n) is 3.69. The van der Waals surface area contributed by atoms with Gasteiger partial charge in [-0.15, -0.1) is 0 Å². The van der Waals surface area contributed by atoms with Crippen LogP contribution in [0.3, 0.4) is 0 Å². The fourth-order valence-electron chi connectivity index (χ4n) is 2.50. The molecule has 8 nitrogen and oxygen atoms in total. The Labute approximate surface area is 153 Å². The molecule has 4 amide bonds. The number of urea groups is 1. The van der Waals surface area contributed by atoms with Gasteiger partial charge in [-0.3, -0.25) is 14.9 Å². The molecule has 136 valence electrons. The average molecular weight is 366 g/mol. The number of nitrogens with zero attached hydrogens (tertiary/aromatic N) is 1. The highest BCUT2D eigenvalue weighted by Crippen LogP contribution is 2.25. The molecule has 0 radical (unpaired) electrons. The van der Waals surface area contributed by atoms with Crippen molar-refractivity contribution in [1.29, 1.82) is 0 Å². The van der Waals surface area contributed by atoms with Crippen molar-refractivity contribution >= 4 is 35.6 Å². The number of aliphatic carboxylic acids is 1. The molecular formula is C19H14N2O6. The number of amides is 4. The topological polar surface area (TPSA) is 113 Å². The Morgan fingerprint density at radius 2 is 1.70 bits per heavy atom. The zero-order valence-electron chi connectivity index (χ0n) is 13.9. The summed E-state index contributed by atoms with van der Waals surface area (Å²) in [5.41, 5.74) is 0.373. The van der Waals surface area contributed by atoms with E-state index in [2.05, 4.69) is 5.32 Å². The number of nitrogens with one attached hydrogen (secondary N) is 1. The summed E-state index contributed by atoms with van der Waals surface area (Å²) in [5.74, 6) is -2.60. The zero-order chi connectivity index (χ0) is 19.4. The van der Waals surface area contributed by atoms with Gasteiger partial charge in [-0.05, 0) is 24.3 Å². The van der Waals surface area contributed by atoms with E-state index in [0.717, 1.165) is 4.90 Å². The minimum Gasteiger partial charge on any atom is -0.481 e. The van der Waals surface area contributed by atoms with Crippen LogP contribution >= 0.6 is 0 Å². The number of carboxylic acid groups (broad SMARTS) is 1. The second kappa shape index (κ2) is 7.52. The lowest BCUT2D eigenvalue weighted by atomic mass is 10.1. The standard InChI is InChI=1S/C19H14N2O6/c22-16(23)11-27-15-9-5-4-6-12(15)10-14-17(24)20-19(26)21(18(14)25)13-7-2-1-3-8-13/h1-10H,11H2,(H,22,23)(H,20,24,26)/b14-10+. The Hall–Kier alpha value is -3.94. The van der Waals surface area contributed by atoms with Gasteiger partial charge in [-0.25, -0.2) is 14.5 Å². The first-order valence-electron chi connectivity index (χ1n) is 7.87. The smallest absolute Gasteiger partial charge is 0.341 e. The predicted molar refractivity (Wildman–Crippen MR) is 95.0 cm³/mol. The van der Waals surface area contributed by atoms with Crippen molar-refractivity contribution in [3.63, 3.8) is 0 Å². The summed E-state index contributed by atoms with van der Waals surface area (Å²) in [6, 6.07) is 13.7. The highest BCUT2D eigenvalue weighted by atomic mass is 16.5. The van der Waals surface area contributed by atoms with E-state index in [-0.39, 0.29) is 11.3 Å². The van der Waals surface area contributed by atoms with E-state index in [1.54, 1.807) is 48.5 Å². The van der Waals surface area contributed by atoms with Crippen molar-refractivity contribution in [1.82, 2.24) is 5.32 Å². The van der Waals surface area contributed by atoms with Crippen LogP contribution in [0.2, 0.25) is 0 Å². The van der Waals surface area contributed by atoms with Gasteiger partial charge < -0.3 is 9.84 Å². The highest BCUT2D eigenvalue weighted by Gasteiger charge is 2.36. The Morgan fingerprint density at radius 1 is 1.04 bits per heavy atom. The highest BCUT2D eigenvalue weighted by molar-refractivity contribution is 6.39. The molecule has 0 unspecified atom stereocenters. The molecule has 1 saturated heterocycles. The summed E-state index contributed by atoms with van der Waals surface area (Å²) >= 11 is 0. The maximum absolute atomic E-state index is 12.8. The van der Waals surface area contributed by atoms with E-state index < -0.39 is 30.4 Å². The van der Waals surface area contributed by atoms with Crippen LogP contribution in [0.5, 0.6) is 5.75 Å². The number of carboxylic acids is 1. The Morgan fingerprint density at radius 3 is 2.41 bits per heavy atom. The molecule has 1 aliphatic rings. The molecule has 8 heteroatoms. The van der Waals surface area contributed by atoms with Gasteiger partial charge in [-0.2, -0.15) is 0 Å². The lowest BCUT2D eigenvalue weighted by molar-refractivity contribution is -0.139. The number of carbonyl (C=O) groups is 4. The van der Waals surface area contributed by atoms with Crippen LogP contribution in [0.15, 0.2) is 60.2 Å². The number of para-hydroxylation sites is 2. The third-order valence-corrected chi connectivity index (χ3v) is 3.69. The molecule has 0 saturated carbocycles. The maximum atomic E-state index is 12.8. The van der Waals surface area contributed by atoms with E-state index in [9.17, 15) is 19.2 Å². The first-order chi connectivity index (χ1) is 13.0. The van der Waals surface area contributed by atoms with Gasteiger partial charge in [0, 0.05) is 5.56 Å². The second-order valence-corrected chi connectivity index (χ2v) is 5.51. The quantitative estimate of drug-likeness (QED) is 0.616. The molecule has 0 atom stereocenters. The van der Waals surface area contributed by atoms with Crippen molar-refractivity contribution in [2.45, 2.75) is 0 Å². The van der Waals surface area contributed by atoms with Crippen molar-refractivity contribution in [3.05, 3.63) is 65.7 Å². The molecule has 3 rings (SSSR count). The normalized spacial score (nSPS) is 15.6. The number of hydrogen-bond donors (Lipinski definition) is 2. The van der Waals surface area contributed by atoms with E-state index >= 15 is 0 Å². The number of imide groups is 2. The molecule has 2 aromatic carbocycles. The summed E-state index contributed by atoms with van der Waals surface area (Å²) in [6.07, 6.45) is 1.26. The maximum Gasteiger partial charge on any atom is 0.341 e. The first kappa shape index (κ1) is 17.9. The fourth-order valence-corrected chi connectivity index (χ4v) is 2.50. The van der Waals surface area contributed by atoms with Gasteiger partial charge in [0.25, 0.3) is 11.8 Å². The number of rotatable bonds is 5. The molecule has 2 aromatic rings. The van der Waals surface area contributed by atoms with Gasteiger partial charge in [0.1, 0.15) is 11.3 Å². The summed E-state index contributed by atoms with van der Waals surface area (Å²) in [7, 11) is 0. The SMILES string of the molecule is O=C(O)COc1ccccc1/C=C1\C(=O)NC(=O)N(c2ccccc2)C1=O. The second-order valence-electron chi connectivity index (χ2n) is 5.51. The van der Waals surface area contributed by atoms with Crippen LogP contribution in [-0.4, -0.2) is 35.5 Å². The van der Waals surface area contributed by atoms with Crippen LogP contribution < -0.4 is 15.0 Å². The van der Waals surface area contributed by atoms with Crippen molar-refractivity contribution in [2.24, 2.45) is 0 Å². The monoisotopic (exact) mass is 366 g/mol. The van der Waals surface area contributed by atoms with Crippen molar-refractivity contribution in [3.8, 4) is 5.75 Å². The van der Waals surface area contributed by atoms with Crippen LogP contribution in [0, 0.1) is 0 Å². The van der Waals surface area contributed by atoms with Crippen molar-refractivity contribution in [2.75, 3.05) is 11.5 Å². The largest absolute Gasteiger partial charge is 0.481 e. The van der Waals surface area contributed by atoms with E-state index in [4.69, 9.17) is 9.84 Å². The lowest BCUT2D eigenvalue weighted by Crippen LogP contribution is -2.54. The number of anilines is 1. The molecule has 1 aliphatic heterocycles. The number of hydrogen-bond acceptors (Lipinski definition) is 5. The summed E-state index contributed by atoms with van der Waals surface area (Å²) in [6.45, 7) is -0.574. The van der Waals surface area contributed by atoms with E-state index in [1.807, 2.05) is 0 Å². The Balaban J connectivity index is 1.98. The first-order valence-corrected chi connectivity index (χ1v) is 7.87. The number of benzene rings is 2. The van der Waals surface area contributed by atoms with Crippen molar-refractivity contribution < 1.29 is 29.0 Å². The summed E-state index contributed by atoms with van der Waals surface area (Å²) in [4.78, 5) is 48.6. The van der Waals surface area contributed by atoms with Crippen LogP contribution in [0.4, 0.5) is 10.5 Å². The van der Waals surface area contributed by atoms with Gasteiger partial charge in [0.2, 0.25) is 0 Å². The minimum absolute atomic E-state index is 0.191. The number of ether oxygens (including phenoxy) is 1. The molecule has 27 heavy (non-hydrogen) atoms. The van der Waals surface area contributed by atoms with Crippen LogP contribution in [0.1, 0.15) is 5.56 Å². The molecule has 1 fully saturated rings. The molecule has 0 bridgehead atoms. The van der Waals surface area contributed by atoms with E-state index in [1.165, 1.54) is 12.1 Å². The molecule has 0 aliphatic carbocycles. The van der Waals surface area contributed by atoms with Gasteiger partial charge >= 0.3 is 12.0 Å². The van der Waals surface area contributed by atoms with Crippen LogP contribution in [0.25, 0.3) is 6.08 Å². The minimum atomic E-state index is -1.16. The summed E-state index contributed by atoms with van der Waals surface area (Å²) in [5, 5.41) is 10.9. The van der Waals surface area contributed by atoms with E-state index in [0.29, 0.717) is 11.3 Å². The predicted octanol–water partition coefficient (Wildman–Crippen LogP) is 1.82. The van der Waals surface area contributed by atoms with Gasteiger partial charge in [0.05, 0.1) is 5.69 Å². The van der Waals surface area contributed by atoms with Crippen LogP contribution in [-0.2, 0) is 14.4 Å². The molecule has 0 aromatic heterocycles. The zero-order valence-corrected chi connectivity index (χ0v) is 13.9. The Kier molecular flexibility index (Phi) is 4.98. The summed E-state index contributed by atoms with van der Waals surface area (Å²) < 4.78 is 5.18. The fraction of sp³-hybridized carbons (Fsp3) is 0.0526. The average Bonchev–Trinajstić information content (AvgIpc) is 2.65. The lowest BCUT2D eigenvalue weighted by Gasteiger charge is -2.26. The van der Waals surface area contributed by atoms with Gasteiger partial charge in [-0.1, -0.05) is 36.4 Å². The number of carbonyl (C=O) groups excluding carboxylic acids is 3. The molecular weight excluding hydrogens is 352 g/mol. The number of barbiturate groups is 1. The Bertz CT molecular complexity index is 952. The van der Waals surface area contributed by atoms with Gasteiger partial charge in [0.15, 0.2) is 6.61 Å².